The Balaban J connectivity index is 1.54. The highest BCUT2D eigenvalue weighted by Crippen LogP contribution is 2.38. The standard InChI is InChI=1S/C24H17ClN2O5S2/c1-31-20-10-7-16(11-21(20)32-14-15-5-8-18(9-6-15)27(29)30)12-22-23(28)26(24(33)34-22)19-4-2-3-17(25)13-19/h2-13H,14H2,1H3/b22-12+. The van der Waals surface area contributed by atoms with Crippen molar-refractivity contribution in [3.8, 4) is 11.5 Å². The maximum absolute atomic E-state index is 13.0. The summed E-state index contributed by atoms with van der Waals surface area (Å²) < 4.78 is 11.7. The van der Waals surface area contributed by atoms with E-state index in [-0.39, 0.29) is 18.2 Å². The van der Waals surface area contributed by atoms with Gasteiger partial charge in [0.1, 0.15) is 6.61 Å². The fraction of sp³-hybridized carbons (Fsp3) is 0.0833. The quantitative estimate of drug-likeness (QED) is 0.160. The lowest BCUT2D eigenvalue weighted by Gasteiger charge is -2.14. The van der Waals surface area contributed by atoms with Gasteiger partial charge in [0.05, 0.1) is 22.6 Å². The van der Waals surface area contributed by atoms with E-state index in [4.69, 9.17) is 33.3 Å². The van der Waals surface area contributed by atoms with Crippen LogP contribution >= 0.6 is 35.6 Å². The summed E-state index contributed by atoms with van der Waals surface area (Å²) in [5, 5.41) is 11.3. The molecule has 0 N–H and O–H groups in total. The zero-order valence-corrected chi connectivity index (χ0v) is 20.2. The largest absolute Gasteiger partial charge is 0.493 e. The average Bonchev–Trinajstić information content (AvgIpc) is 3.10. The first kappa shape index (κ1) is 23.7. The maximum atomic E-state index is 13.0. The van der Waals surface area contributed by atoms with E-state index in [1.807, 2.05) is 6.07 Å². The van der Waals surface area contributed by atoms with E-state index in [2.05, 4.69) is 0 Å². The number of amides is 1. The second-order valence-corrected chi connectivity index (χ2v) is 9.23. The van der Waals surface area contributed by atoms with Crippen LogP contribution in [-0.2, 0) is 11.4 Å². The summed E-state index contributed by atoms with van der Waals surface area (Å²) in [6.45, 7) is 0.189. The molecule has 0 saturated carbocycles. The van der Waals surface area contributed by atoms with Crippen LogP contribution in [0.25, 0.3) is 6.08 Å². The molecule has 1 aliphatic rings. The SMILES string of the molecule is COc1ccc(/C=C2/SC(=S)N(c3cccc(Cl)c3)C2=O)cc1OCc1ccc([N+](=O)[O-])cc1. The Labute approximate surface area is 210 Å². The smallest absolute Gasteiger partial charge is 0.270 e. The first-order chi connectivity index (χ1) is 16.4. The van der Waals surface area contributed by atoms with E-state index in [0.29, 0.717) is 31.4 Å². The molecule has 3 aromatic rings. The number of nitrogens with zero attached hydrogens (tertiary/aromatic N) is 2. The van der Waals surface area contributed by atoms with Gasteiger partial charge in [-0.15, -0.1) is 0 Å². The number of benzene rings is 3. The number of thiocarbonyl (C=S) groups is 1. The number of non-ortho nitro benzene ring substituents is 1. The zero-order valence-electron chi connectivity index (χ0n) is 17.8. The highest BCUT2D eigenvalue weighted by molar-refractivity contribution is 8.27. The Kier molecular flexibility index (Phi) is 7.16. The number of carbonyl (C=O) groups is 1. The second kappa shape index (κ2) is 10.3. The lowest BCUT2D eigenvalue weighted by atomic mass is 10.1. The van der Waals surface area contributed by atoms with Crippen molar-refractivity contribution < 1.29 is 19.2 Å². The van der Waals surface area contributed by atoms with Crippen LogP contribution in [0, 0.1) is 10.1 Å². The predicted octanol–water partition coefficient (Wildman–Crippen LogP) is 6.24. The number of hydrogen-bond acceptors (Lipinski definition) is 7. The number of methoxy groups -OCH3 is 1. The Morgan fingerprint density at radius 2 is 1.88 bits per heavy atom. The number of nitro groups is 1. The van der Waals surface area contributed by atoms with Crippen LogP contribution in [0.15, 0.2) is 71.6 Å². The minimum Gasteiger partial charge on any atom is -0.493 e. The van der Waals surface area contributed by atoms with Gasteiger partial charge in [0.2, 0.25) is 0 Å². The molecule has 0 aliphatic carbocycles. The molecule has 0 spiro atoms. The number of anilines is 1. The molecular formula is C24H17ClN2O5S2. The van der Waals surface area contributed by atoms with Crippen molar-refractivity contribution in [2.45, 2.75) is 6.61 Å². The molecule has 1 aliphatic heterocycles. The second-order valence-electron chi connectivity index (χ2n) is 7.12. The third kappa shape index (κ3) is 5.22. The Bertz CT molecular complexity index is 1310. The summed E-state index contributed by atoms with van der Waals surface area (Å²) in [7, 11) is 1.53. The maximum Gasteiger partial charge on any atom is 0.270 e. The summed E-state index contributed by atoms with van der Waals surface area (Å²) in [4.78, 5) is 25.3. The van der Waals surface area contributed by atoms with Crippen LogP contribution in [0.5, 0.6) is 11.5 Å². The van der Waals surface area contributed by atoms with Crippen LogP contribution in [0.4, 0.5) is 11.4 Å². The van der Waals surface area contributed by atoms with Crippen molar-refractivity contribution in [3.05, 3.63) is 97.9 Å². The van der Waals surface area contributed by atoms with E-state index < -0.39 is 4.92 Å². The number of carbonyl (C=O) groups excluding carboxylic acids is 1. The molecule has 3 aromatic carbocycles. The van der Waals surface area contributed by atoms with E-state index in [9.17, 15) is 14.9 Å². The zero-order chi connectivity index (χ0) is 24.2. The van der Waals surface area contributed by atoms with Crippen molar-refractivity contribution in [2.75, 3.05) is 12.0 Å². The minimum atomic E-state index is -0.452. The van der Waals surface area contributed by atoms with Crippen LogP contribution < -0.4 is 14.4 Å². The molecule has 4 rings (SSSR count). The molecule has 0 radical (unpaired) electrons. The lowest BCUT2D eigenvalue weighted by Crippen LogP contribution is -2.27. The molecule has 0 bridgehead atoms. The fourth-order valence-corrected chi connectivity index (χ4v) is 4.71. The molecule has 172 valence electrons. The van der Waals surface area contributed by atoms with Crippen molar-refractivity contribution >= 4 is 63.3 Å². The summed E-state index contributed by atoms with van der Waals surface area (Å²) >= 11 is 12.7. The molecule has 1 amide bonds. The average molecular weight is 513 g/mol. The number of nitro benzene ring substituents is 1. The third-order valence-corrected chi connectivity index (χ3v) is 6.42. The molecule has 0 unspecified atom stereocenters. The first-order valence-electron chi connectivity index (χ1n) is 9.93. The van der Waals surface area contributed by atoms with Gasteiger partial charge in [-0.1, -0.05) is 47.7 Å². The third-order valence-electron chi connectivity index (χ3n) is 4.89. The van der Waals surface area contributed by atoms with Gasteiger partial charge in [-0.05, 0) is 59.7 Å². The van der Waals surface area contributed by atoms with Crippen molar-refractivity contribution in [1.82, 2.24) is 0 Å². The number of halogens is 1. The topological polar surface area (TPSA) is 81.9 Å². The molecule has 0 aromatic heterocycles. The van der Waals surface area contributed by atoms with Gasteiger partial charge in [-0.3, -0.25) is 19.8 Å². The molecular weight excluding hydrogens is 496 g/mol. The first-order valence-corrected chi connectivity index (χ1v) is 11.5. The van der Waals surface area contributed by atoms with Gasteiger partial charge in [0, 0.05) is 17.2 Å². The molecule has 1 heterocycles. The summed E-state index contributed by atoms with van der Waals surface area (Å²) in [5.41, 5.74) is 2.12. The van der Waals surface area contributed by atoms with Gasteiger partial charge >= 0.3 is 0 Å². The van der Waals surface area contributed by atoms with Crippen LogP contribution in [0.1, 0.15) is 11.1 Å². The summed E-state index contributed by atoms with van der Waals surface area (Å²) in [5.74, 6) is 0.756. The van der Waals surface area contributed by atoms with E-state index in [1.165, 1.54) is 35.9 Å². The minimum absolute atomic E-state index is 0.0124. The predicted molar refractivity (Wildman–Crippen MR) is 138 cm³/mol. The van der Waals surface area contributed by atoms with E-state index >= 15 is 0 Å². The Morgan fingerprint density at radius 3 is 2.56 bits per heavy atom. The van der Waals surface area contributed by atoms with Crippen LogP contribution in [0.2, 0.25) is 5.02 Å². The summed E-state index contributed by atoms with van der Waals surface area (Å²) in [6.07, 6.45) is 1.74. The lowest BCUT2D eigenvalue weighted by molar-refractivity contribution is -0.384. The molecule has 1 saturated heterocycles. The van der Waals surface area contributed by atoms with Crippen molar-refractivity contribution in [2.24, 2.45) is 0 Å². The Morgan fingerprint density at radius 1 is 1.12 bits per heavy atom. The van der Waals surface area contributed by atoms with Gasteiger partial charge in [0.15, 0.2) is 15.8 Å². The number of thioether (sulfide) groups is 1. The fourth-order valence-electron chi connectivity index (χ4n) is 3.23. The number of hydrogen-bond donors (Lipinski definition) is 0. The highest BCUT2D eigenvalue weighted by Gasteiger charge is 2.33. The normalized spacial score (nSPS) is 14.5. The molecule has 0 atom stereocenters. The molecule has 7 nitrogen and oxygen atoms in total. The molecule has 10 heteroatoms. The molecule has 1 fully saturated rings. The molecule has 34 heavy (non-hydrogen) atoms. The van der Waals surface area contributed by atoms with Crippen molar-refractivity contribution in [3.63, 3.8) is 0 Å². The number of rotatable bonds is 7. The van der Waals surface area contributed by atoms with Crippen molar-refractivity contribution in [1.29, 1.82) is 0 Å². The monoisotopic (exact) mass is 512 g/mol. The van der Waals surface area contributed by atoms with Gasteiger partial charge in [0.25, 0.3) is 11.6 Å². The van der Waals surface area contributed by atoms with Crippen LogP contribution in [-0.4, -0.2) is 22.3 Å². The van der Waals surface area contributed by atoms with Gasteiger partial charge < -0.3 is 9.47 Å². The van der Waals surface area contributed by atoms with E-state index in [0.717, 1.165) is 11.1 Å². The Hall–Kier alpha value is -3.40. The van der Waals surface area contributed by atoms with Gasteiger partial charge in [-0.2, -0.15) is 0 Å². The van der Waals surface area contributed by atoms with E-state index in [1.54, 1.807) is 54.6 Å². The summed E-state index contributed by atoms with van der Waals surface area (Å²) in [6, 6.07) is 18.4. The highest BCUT2D eigenvalue weighted by atomic mass is 35.5. The van der Waals surface area contributed by atoms with Gasteiger partial charge in [-0.25, -0.2) is 0 Å². The van der Waals surface area contributed by atoms with Crippen LogP contribution in [0.3, 0.4) is 0 Å². The number of ether oxygens (including phenoxy) is 2.